The Morgan fingerprint density at radius 2 is 1.95 bits per heavy atom. The van der Waals surface area contributed by atoms with Gasteiger partial charge in [-0.25, -0.2) is 0 Å². The fourth-order valence-electron chi connectivity index (χ4n) is 2.83. The molecule has 4 nitrogen and oxygen atoms in total. The number of carbonyl (C=O) groups excluding carboxylic acids is 1. The van der Waals surface area contributed by atoms with Gasteiger partial charge in [-0.3, -0.25) is 9.69 Å². The molecule has 0 aliphatic carbocycles. The number of piperidine rings is 1. The van der Waals surface area contributed by atoms with Crippen molar-refractivity contribution in [2.75, 3.05) is 19.7 Å². The molecule has 0 spiro atoms. The summed E-state index contributed by atoms with van der Waals surface area (Å²) in [6.07, 6.45) is 4.79. The number of esters is 1. The number of nitrogens with one attached hydrogen (secondary N) is 1. The highest BCUT2D eigenvalue weighted by Crippen LogP contribution is 2.22. The van der Waals surface area contributed by atoms with E-state index < -0.39 is 0 Å². The van der Waals surface area contributed by atoms with E-state index in [1.807, 2.05) is 6.92 Å². The zero-order chi connectivity index (χ0) is 14.3. The molecule has 0 aromatic carbocycles. The summed E-state index contributed by atoms with van der Waals surface area (Å²) in [6.45, 7) is 10.6. The smallest absolute Gasteiger partial charge is 0.324 e. The first-order chi connectivity index (χ1) is 9.10. The monoisotopic (exact) mass is 270 g/mol. The van der Waals surface area contributed by atoms with Gasteiger partial charge in [-0.2, -0.15) is 0 Å². The first-order valence-corrected chi connectivity index (χ1v) is 7.75. The number of rotatable bonds is 7. The van der Waals surface area contributed by atoms with Gasteiger partial charge in [0.1, 0.15) is 6.04 Å². The zero-order valence-corrected chi connectivity index (χ0v) is 12.9. The van der Waals surface area contributed by atoms with Gasteiger partial charge in [0.15, 0.2) is 0 Å². The summed E-state index contributed by atoms with van der Waals surface area (Å²) in [5.41, 5.74) is 0. The molecule has 3 atom stereocenters. The quantitative estimate of drug-likeness (QED) is 0.720. The third kappa shape index (κ3) is 5.11. The van der Waals surface area contributed by atoms with E-state index in [-0.39, 0.29) is 12.0 Å². The van der Waals surface area contributed by atoms with Crippen molar-refractivity contribution < 1.29 is 9.53 Å². The molecular formula is C15H30N2O2. The third-order valence-corrected chi connectivity index (χ3v) is 3.98. The van der Waals surface area contributed by atoms with Crippen molar-refractivity contribution in [3.8, 4) is 0 Å². The van der Waals surface area contributed by atoms with Crippen LogP contribution in [0.25, 0.3) is 0 Å². The Kier molecular flexibility index (Phi) is 7.39. The van der Waals surface area contributed by atoms with Crippen LogP contribution >= 0.6 is 0 Å². The Morgan fingerprint density at radius 3 is 2.47 bits per heavy atom. The Bertz CT molecular complexity index is 261. The van der Waals surface area contributed by atoms with Crippen molar-refractivity contribution >= 4 is 5.97 Å². The van der Waals surface area contributed by atoms with Crippen LogP contribution in [0.15, 0.2) is 0 Å². The second-order valence-electron chi connectivity index (χ2n) is 5.58. The molecule has 4 heteroatoms. The Morgan fingerprint density at radius 1 is 1.32 bits per heavy atom. The van der Waals surface area contributed by atoms with Gasteiger partial charge in [0.05, 0.1) is 6.61 Å². The number of ether oxygens (including phenoxy) is 1. The second kappa shape index (κ2) is 8.54. The molecule has 19 heavy (non-hydrogen) atoms. The summed E-state index contributed by atoms with van der Waals surface area (Å²) >= 11 is 0. The van der Waals surface area contributed by atoms with E-state index in [4.69, 9.17) is 4.74 Å². The minimum Gasteiger partial charge on any atom is -0.465 e. The van der Waals surface area contributed by atoms with Crippen LogP contribution in [0.3, 0.4) is 0 Å². The fraction of sp³-hybridized carbons (Fsp3) is 0.933. The van der Waals surface area contributed by atoms with E-state index in [9.17, 15) is 4.79 Å². The minimum absolute atomic E-state index is 0.110. The average Bonchev–Trinajstić information content (AvgIpc) is 2.37. The van der Waals surface area contributed by atoms with E-state index in [1.165, 1.54) is 19.3 Å². The molecule has 0 bridgehead atoms. The highest BCUT2D eigenvalue weighted by atomic mass is 16.5. The number of nitrogens with zero attached hydrogens (tertiary/aromatic N) is 1. The summed E-state index contributed by atoms with van der Waals surface area (Å²) in [6, 6.07) is 0.927. The van der Waals surface area contributed by atoms with Gasteiger partial charge in [0.25, 0.3) is 0 Å². The average molecular weight is 270 g/mol. The normalized spacial score (nSPS) is 26.1. The molecule has 0 radical (unpaired) electrons. The van der Waals surface area contributed by atoms with E-state index in [0.29, 0.717) is 18.7 Å². The lowest BCUT2D eigenvalue weighted by Gasteiger charge is -2.40. The van der Waals surface area contributed by atoms with E-state index in [2.05, 4.69) is 31.0 Å². The minimum atomic E-state index is -0.192. The zero-order valence-electron chi connectivity index (χ0n) is 12.9. The Hall–Kier alpha value is -0.610. The van der Waals surface area contributed by atoms with Crippen molar-refractivity contribution in [1.29, 1.82) is 0 Å². The van der Waals surface area contributed by atoms with Crippen LogP contribution in [0, 0.1) is 0 Å². The molecule has 1 heterocycles. The van der Waals surface area contributed by atoms with Crippen molar-refractivity contribution in [1.82, 2.24) is 10.2 Å². The molecular weight excluding hydrogens is 240 g/mol. The van der Waals surface area contributed by atoms with Gasteiger partial charge in [-0.15, -0.1) is 0 Å². The summed E-state index contributed by atoms with van der Waals surface area (Å²) in [4.78, 5) is 14.5. The summed E-state index contributed by atoms with van der Waals surface area (Å²) in [7, 11) is 0. The molecule has 112 valence electrons. The maximum absolute atomic E-state index is 12.0. The Balaban J connectivity index is 2.60. The maximum Gasteiger partial charge on any atom is 0.324 e. The van der Waals surface area contributed by atoms with Gasteiger partial charge in [-0.1, -0.05) is 13.3 Å². The lowest BCUT2D eigenvalue weighted by Crippen LogP contribution is -2.53. The SMILES string of the molecule is CCCNC(CN1[C@H](C)CCC[C@@H]1C)C(=O)OCC. The maximum atomic E-state index is 12.0. The van der Waals surface area contributed by atoms with Crippen LogP contribution in [-0.2, 0) is 9.53 Å². The summed E-state index contributed by atoms with van der Waals surface area (Å²) < 4.78 is 5.18. The number of carbonyl (C=O) groups is 1. The Labute approximate surface area is 117 Å². The standard InChI is InChI=1S/C15H30N2O2/c1-5-10-16-14(15(18)19-6-2)11-17-12(3)8-7-9-13(17)4/h12-14,16H,5-11H2,1-4H3/t12-,13+,14?. The molecule has 1 unspecified atom stereocenters. The van der Waals surface area contributed by atoms with E-state index in [1.54, 1.807) is 0 Å². The van der Waals surface area contributed by atoms with Gasteiger partial charge in [0, 0.05) is 18.6 Å². The topological polar surface area (TPSA) is 41.6 Å². The lowest BCUT2D eigenvalue weighted by molar-refractivity contribution is -0.146. The van der Waals surface area contributed by atoms with Crippen LogP contribution in [0.5, 0.6) is 0 Å². The van der Waals surface area contributed by atoms with Gasteiger partial charge >= 0.3 is 5.97 Å². The number of likely N-dealkylation sites (tertiary alicyclic amines) is 1. The fourth-order valence-corrected chi connectivity index (χ4v) is 2.83. The molecule has 1 rings (SSSR count). The first-order valence-electron chi connectivity index (χ1n) is 7.75. The summed E-state index contributed by atoms with van der Waals surface area (Å²) in [5, 5.41) is 3.33. The highest BCUT2D eigenvalue weighted by molar-refractivity contribution is 5.76. The van der Waals surface area contributed by atoms with Gasteiger partial charge in [-0.05, 0) is 46.6 Å². The van der Waals surface area contributed by atoms with Crippen LogP contribution in [0.4, 0.5) is 0 Å². The lowest BCUT2D eigenvalue weighted by atomic mass is 9.97. The predicted octanol–water partition coefficient (Wildman–Crippen LogP) is 2.18. The van der Waals surface area contributed by atoms with Gasteiger partial charge in [0.2, 0.25) is 0 Å². The highest BCUT2D eigenvalue weighted by Gasteiger charge is 2.30. The molecule has 0 saturated carbocycles. The second-order valence-corrected chi connectivity index (χ2v) is 5.58. The number of hydrogen-bond donors (Lipinski definition) is 1. The van der Waals surface area contributed by atoms with Gasteiger partial charge < -0.3 is 10.1 Å². The molecule has 1 N–H and O–H groups in total. The largest absolute Gasteiger partial charge is 0.465 e. The van der Waals surface area contributed by atoms with Crippen molar-refractivity contribution in [2.24, 2.45) is 0 Å². The molecule has 1 saturated heterocycles. The van der Waals surface area contributed by atoms with Crippen LogP contribution in [0.1, 0.15) is 53.4 Å². The van der Waals surface area contributed by atoms with E-state index >= 15 is 0 Å². The summed E-state index contributed by atoms with van der Waals surface area (Å²) in [5.74, 6) is -0.110. The molecule has 0 aromatic heterocycles. The predicted molar refractivity (Wildman–Crippen MR) is 78.2 cm³/mol. The van der Waals surface area contributed by atoms with Crippen molar-refractivity contribution in [2.45, 2.75) is 71.5 Å². The number of hydrogen-bond acceptors (Lipinski definition) is 4. The third-order valence-electron chi connectivity index (χ3n) is 3.98. The molecule has 0 amide bonds. The first kappa shape index (κ1) is 16.4. The van der Waals surface area contributed by atoms with E-state index in [0.717, 1.165) is 19.5 Å². The molecule has 1 fully saturated rings. The molecule has 1 aliphatic heterocycles. The van der Waals surface area contributed by atoms with Crippen molar-refractivity contribution in [3.05, 3.63) is 0 Å². The van der Waals surface area contributed by atoms with Crippen LogP contribution in [-0.4, -0.2) is 48.7 Å². The molecule has 0 aromatic rings. The molecule has 1 aliphatic rings. The van der Waals surface area contributed by atoms with Crippen LogP contribution in [0.2, 0.25) is 0 Å². The van der Waals surface area contributed by atoms with Crippen molar-refractivity contribution in [3.63, 3.8) is 0 Å². The van der Waals surface area contributed by atoms with Crippen LogP contribution < -0.4 is 5.32 Å².